The third kappa shape index (κ3) is 2.23. The van der Waals surface area contributed by atoms with E-state index in [0.717, 1.165) is 11.5 Å². The second-order valence-corrected chi connectivity index (χ2v) is 7.20. The largest absolute Gasteiger partial charge is 0.140 e. The Morgan fingerprint density at radius 2 is 1.46 bits per heavy atom. The van der Waals surface area contributed by atoms with Crippen LogP contribution in [-0.2, 0) is 11.5 Å². The lowest BCUT2D eigenvalue weighted by molar-refractivity contribution is 1.03. The van der Waals surface area contributed by atoms with E-state index in [9.17, 15) is 0 Å². The predicted molar refractivity (Wildman–Crippen MR) is 63.1 cm³/mol. The number of thioether (sulfide) groups is 2. The van der Waals surface area contributed by atoms with Gasteiger partial charge in [0.15, 0.2) is 0 Å². The summed E-state index contributed by atoms with van der Waals surface area (Å²) in [5.74, 6) is 2.33. The molecule has 13 heavy (non-hydrogen) atoms. The molecule has 0 aromatic heterocycles. The van der Waals surface area contributed by atoms with Crippen LogP contribution in [0.5, 0.6) is 0 Å². The van der Waals surface area contributed by atoms with Crippen LogP contribution in [0.25, 0.3) is 0 Å². The smallest absolute Gasteiger partial charge is 0.0561 e. The Bertz CT molecular complexity index is 276. The SMILES string of the molecule is CC1(C)SCc2ccccc2CS1. The minimum absolute atomic E-state index is 0.374. The van der Waals surface area contributed by atoms with E-state index < -0.39 is 0 Å². The van der Waals surface area contributed by atoms with Gasteiger partial charge in [0, 0.05) is 11.5 Å². The zero-order valence-electron chi connectivity index (χ0n) is 8.04. The molecule has 0 N–H and O–H groups in total. The van der Waals surface area contributed by atoms with Crippen molar-refractivity contribution in [2.75, 3.05) is 0 Å². The van der Waals surface area contributed by atoms with Gasteiger partial charge in [0.2, 0.25) is 0 Å². The number of rotatable bonds is 0. The maximum atomic E-state index is 2.31. The predicted octanol–water partition coefficient (Wildman–Crippen LogP) is 3.90. The molecule has 1 heterocycles. The molecule has 0 unspecified atom stereocenters. The van der Waals surface area contributed by atoms with Crippen molar-refractivity contribution in [3.63, 3.8) is 0 Å². The molecular formula is C11H14S2. The molecular weight excluding hydrogens is 196 g/mol. The third-order valence-corrected chi connectivity index (χ3v) is 5.28. The molecule has 0 amide bonds. The normalized spacial score (nSPS) is 20.5. The Kier molecular flexibility index (Phi) is 2.61. The maximum absolute atomic E-state index is 2.31. The standard InChI is InChI=1S/C11H14S2/c1-11(2)12-7-9-5-3-4-6-10(9)8-13-11/h3-6H,7-8H2,1-2H3. The fraction of sp³-hybridized carbons (Fsp3) is 0.455. The van der Waals surface area contributed by atoms with E-state index in [1.54, 1.807) is 0 Å². The number of benzene rings is 1. The molecule has 2 rings (SSSR count). The topological polar surface area (TPSA) is 0 Å². The maximum Gasteiger partial charge on any atom is 0.0561 e. The zero-order chi connectivity index (χ0) is 9.31. The van der Waals surface area contributed by atoms with Crippen LogP contribution in [0.1, 0.15) is 25.0 Å². The molecule has 0 radical (unpaired) electrons. The van der Waals surface area contributed by atoms with Crippen molar-refractivity contribution in [1.29, 1.82) is 0 Å². The number of hydrogen-bond donors (Lipinski definition) is 0. The lowest BCUT2D eigenvalue weighted by Gasteiger charge is -2.19. The first kappa shape index (κ1) is 9.47. The van der Waals surface area contributed by atoms with Crippen molar-refractivity contribution in [2.45, 2.75) is 29.4 Å². The summed E-state index contributed by atoms with van der Waals surface area (Å²) in [6, 6.07) is 8.79. The first-order chi connectivity index (χ1) is 6.17. The Morgan fingerprint density at radius 3 is 1.92 bits per heavy atom. The number of hydrogen-bond acceptors (Lipinski definition) is 2. The van der Waals surface area contributed by atoms with Gasteiger partial charge in [0.1, 0.15) is 0 Å². The molecule has 0 saturated heterocycles. The number of fused-ring (bicyclic) bond motifs is 1. The molecule has 0 fully saturated rings. The van der Waals surface area contributed by atoms with Crippen LogP contribution in [0.4, 0.5) is 0 Å². The lowest BCUT2D eigenvalue weighted by atomic mass is 10.1. The molecule has 70 valence electrons. The van der Waals surface area contributed by atoms with Gasteiger partial charge < -0.3 is 0 Å². The molecule has 1 aliphatic rings. The van der Waals surface area contributed by atoms with Crippen LogP contribution < -0.4 is 0 Å². The molecule has 2 heteroatoms. The van der Waals surface area contributed by atoms with Gasteiger partial charge in [-0.15, -0.1) is 23.5 Å². The van der Waals surface area contributed by atoms with Gasteiger partial charge in [-0.1, -0.05) is 24.3 Å². The average molecular weight is 210 g/mol. The van der Waals surface area contributed by atoms with E-state index in [1.807, 2.05) is 23.5 Å². The minimum atomic E-state index is 0.374. The minimum Gasteiger partial charge on any atom is -0.140 e. The Balaban J connectivity index is 2.27. The average Bonchev–Trinajstić information content (AvgIpc) is 2.27. The highest BCUT2D eigenvalue weighted by Gasteiger charge is 2.23. The van der Waals surface area contributed by atoms with Gasteiger partial charge >= 0.3 is 0 Å². The molecule has 0 atom stereocenters. The van der Waals surface area contributed by atoms with Crippen molar-refractivity contribution in [3.8, 4) is 0 Å². The van der Waals surface area contributed by atoms with Crippen LogP contribution in [-0.4, -0.2) is 4.08 Å². The summed E-state index contributed by atoms with van der Waals surface area (Å²) in [5, 5.41) is 0. The summed E-state index contributed by atoms with van der Waals surface area (Å²) in [6.45, 7) is 4.63. The highest BCUT2D eigenvalue weighted by atomic mass is 32.2. The molecule has 0 nitrogen and oxygen atoms in total. The fourth-order valence-electron chi connectivity index (χ4n) is 1.38. The van der Waals surface area contributed by atoms with E-state index in [0.29, 0.717) is 4.08 Å². The van der Waals surface area contributed by atoms with E-state index >= 15 is 0 Å². The van der Waals surface area contributed by atoms with Crippen LogP contribution in [0.3, 0.4) is 0 Å². The summed E-state index contributed by atoms with van der Waals surface area (Å²) < 4.78 is 0.374. The van der Waals surface area contributed by atoms with Gasteiger partial charge in [0.25, 0.3) is 0 Å². The van der Waals surface area contributed by atoms with E-state index in [1.165, 1.54) is 11.1 Å². The third-order valence-electron chi connectivity index (χ3n) is 2.27. The molecule has 0 aliphatic carbocycles. The summed E-state index contributed by atoms with van der Waals surface area (Å²) in [7, 11) is 0. The van der Waals surface area contributed by atoms with Crippen LogP contribution in [0.15, 0.2) is 24.3 Å². The molecule has 0 bridgehead atoms. The summed E-state index contributed by atoms with van der Waals surface area (Å²) in [4.78, 5) is 0. The Labute approximate surface area is 88.5 Å². The van der Waals surface area contributed by atoms with E-state index in [2.05, 4.69) is 38.1 Å². The van der Waals surface area contributed by atoms with Crippen molar-refractivity contribution < 1.29 is 0 Å². The quantitative estimate of drug-likeness (QED) is 0.637. The van der Waals surface area contributed by atoms with Gasteiger partial charge in [-0.3, -0.25) is 0 Å². The van der Waals surface area contributed by atoms with Crippen molar-refractivity contribution >= 4 is 23.5 Å². The van der Waals surface area contributed by atoms with Gasteiger partial charge in [0.05, 0.1) is 4.08 Å². The van der Waals surface area contributed by atoms with E-state index in [4.69, 9.17) is 0 Å². The first-order valence-corrected chi connectivity index (χ1v) is 6.49. The molecule has 0 saturated carbocycles. The molecule has 0 spiro atoms. The van der Waals surface area contributed by atoms with Crippen molar-refractivity contribution in [1.82, 2.24) is 0 Å². The van der Waals surface area contributed by atoms with Crippen LogP contribution >= 0.6 is 23.5 Å². The summed E-state index contributed by atoms with van der Waals surface area (Å²) in [5.41, 5.74) is 3.04. The molecule has 1 aromatic carbocycles. The van der Waals surface area contributed by atoms with Crippen LogP contribution in [0.2, 0.25) is 0 Å². The van der Waals surface area contributed by atoms with Crippen molar-refractivity contribution in [2.24, 2.45) is 0 Å². The van der Waals surface area contributed by atoms with Gasteiger partial charge in [-0.05, 0) is 25.0 Å². The molecule has 1 aromatic rings. The summed E-state index contributed by atoms with van der Waals surface area (Å²) in [6.07, 6.45) is 0. The molecule has 1 aliphatic heterocycles. The fourth-order valence-corrected chi connectivity index (χ4v) is 3.64. The highest BCUT2D eigenvalue weighted by Crippen LogP contribution is 2.43. The first-order valence-electron chi connectivity index (χ1n) is 4.52. The van der Waals surface area contributed by atoms with Gasteiger partial charge in [-0.25, -0.2) is 0 Å². The van der Waals surface area contributed by atoms with E-state index in [-0.39, 0.29) is 0 Å². The zero-order valence-corrected chi connectivity index (χ0v) is 9.67. The second-order valence-electron chi connectivity index (χ2n) is 3.75. The Hall–Kier alpha value is -0.0800. The lowest BCUT2D eigenvalue weighted by Crippen LogP contribution is -2.06. The second kappa shape index (κ2) is 3.58. The van der Waals surface area contributed by atoms with Crippen molar-refractivity contribution in [3.05, 3.63) is 35.4 Å². The van der Waals surface area contributed by atoms with Gasteiger partial charge in [-0.2, -0.15) is 0 Å². The monoisotopic (exact) mass is 210 g/mol. The summed E-state index contributed by atoms with van der Waals surface area (Å²) >= 11 is 4.09. The van der Waals surface area contributed by atoms with Crippen LogP contribution in [0, 0.1) is 0 Å². The Morgan fingerprint density at radius 1 is 1.00 bits per heavy atom. The highest BCUT2D eigenvalue weighted by molar-refractivity contribution is 8.17.